The van der Waals surface area contributed by atoms with Gasteiger partial charge in [-0.3, -0.25) is 4.79 Å². The van der Waals surface area contributed by atoms with Crippen LogP contribution in [-0.4, -0.2) is 40.6 Å². The standard InChI is InChI=1S/C12H22N2O3/c1-4-10-6-5-7-14(10)12(17)13-9(3)8(2)11(15)16/h8-10H,4-7H2,1-3H3,(H,13,17)(H,15,16). The predicted molar refractivity (Wildman–Crippen MR) is 64.8 cm³/mol. The number of hydrogen-bond acceptors (Lipinski definition) is 2. The molecule has 2 N–H and O–H groups in total. The summed E-state index contributed by atoms with van der Waals surface area (Å²) >= 11 is 0. The fourth-order valence-corrected chi connectivity index (χ4v) is 2.14. The van der Waals surface area contributed by atoms with Crippen LogP contribution in [0.4, 0.5) is 4.79 Å². The molecule has 0 aromatic rings. The van der Waals surface area contributed by atoms with Gasteiger partial charge in [0.25, 0.3) is 0 Å². The monoisotopic (exact) mass is 242 g/mol. The van der Waals surface area contributed by atoms with Crippen molar-refractivity contribution >= 4 is 12.0 Å². The van der Waals surface area contributed by atoms with Gasteiger partial charge in [0, 0.05) is 18.6 Å². The molecule has 3 unspecified atom stereocenters. The Balaban J connectivity index is 2.51. The molecule has 0 bridgehead atoms. The molecular weight excluding hydrogens is 220 g/mol. The minimum Gasteiger partial charge on any atom is -0.481 e. The maximum atomic E-state index is 12.0. The van der Waals surface area contributed by atoms with Crippen LogP contribution in [0.1, 0.15) is 40.0 Å². The highest BCUT2D eigenvalue weighted by atomic mass is 16.4. The average molecular weight is 242 g/mol. The number of urea groups is 1. The maximum absolute atomic E-state index is 12.0. The van der Waals surface area contributed by atoms with Crippen molar-refractivity contribution in [3.05, 3.63) is 0 Å². The number of carbonyl (C=O) groups is 2. The minimum absolute atomic E-state index is 0.130. The van der Waals surface area contributed by atoms with Gasteiger partial charge in [-0.15, -0.1) is 0 Å². The van der Waals surface area contributed by atoms with E-state index in [0.29, 0.717) is 6.04 Å². The number of hydrogen-bond donors (Lipinski definition) is 2. The van der Waals surface area contributed by atoms with Crippen molar-refractivity contribution < 1.29 is 14.7 Å². The van der Waals surface area contributed by atoms with Crippen molar-refractivity contribution in [1.82, 2.24) is 10.2 Å². The summed E-state index contributed by atoms with van der Waals surface area (Å²) in [6.45, 7) is 6.18. The highest BCUT2D eigenvalue weighted by Gasteiger charge is 2.29. The first-order valence-electron chi connectivity index (χ1n) is 6.27. The van der Waals surface area contributed by atoms with Crippen LogP contribution in [0.3, 0.4) is 0 Å². The van der Waals surface area contributed by atoms with E-state index >= 15 is 0 Å². The number of nitrogens with zero attached hydrogens (tertiary/aromatic N) is 1. The molecule has 0 saturated carbocycles. The largest absolute Gasteiger partial charge is 0.481 e. The Morgan fingerprint density at radius 3 is 2.65 bits per heavy atom. The zero-order valence-corrected chi connectivity index (χ0v) is 10.8. The highest BCUT2D eigenvalue weighted by Crippen LogP contribution is 2.20. The Morgan fingerprint density at radius 2 is 2.12 bits per heavy atom. The molecule has 1 aliphatic rings. The lowest BCUT2D eigenvalue weighted by Gasteiger charge is -2.27. The van der Waals surface area contributed by atoms with Gasteiger partial charge in [-0.2, -0.15) is 0 Å². The molecule has 3 atom stereocenters. The van der Waals surface area contributed by atoms with Crippen LogP contribution < -0.4 is 5.32 Å². The summed E-state index contributed by atoms with van der Waals surface area (Å²) in [4.78, 5) is 24.6. The SMILES string of the molecule is CCC1CCCN1C(=O)NC(C)C(C)C(=O)O. The van der Waals surface area contributed by atoms with Crippen molar-refractivity contribution in [2.24, 2.45) is 5.92 Å². The molecule has 98 valence electrons. The van der Waals surface area contributed by atoms with E-state index in [1.165, 1.54) is 0 Å². The number of carboxylic acids is 1. The maximum Gasteiger partial charge on any atom is 0.317 e. The molecular formula is C12H22N2O3. The average Bonchev–Trinajstić information content (AvgIpc) is 2.75. The number of aliphatic carboxylic acids is 1. The summed E-state index contributed by atoms with van der Waals surface area (Å²) in [5.41, 5.74) is 0. The van der Waals surface area contributed by atoms with Crippen molar-refractivity contribution in [3.8, 4) is 0 Å². The van der Waals surface area contributed by atoms with E-state index in [4.69, 9.17) is 5.11 Å². The van der Waals surface area contributed by atoms with E-state index in [1.54, 1.807) is 13.8 Å². The Kier molecular flexibility index (Phi) is 4.78. The molecule has 0 aromatic heterocycles. The zero-order valence-electron chi connectivity index (χ0n) is 10.8. The summed E-state index contributed by atoms with van der Waals surface area (Å²) in [6, 6.07) is -0.171. The molecule has 0 spiro atoms. The van der Waals surface area contributed by atoms with E-state index < -0.39 is 11.9 Å². The Hall–Kier alpha value is -1.26. The lowest BCUT2D eigenvalue weighted by molar-refractivity contribution is -0.141. The van der Waals surface area contributed by atoms with Gasteiger partial charge in [0.05, 0.1) is 5.92 Å². The van der Waals surface area contributed by atoms with Gasteiger partial charge in [0.15, 0.2) is 0 Å². The molecule has 5 heteroatoms. The molecule has 1 rings (SSSR count). The normalized spacial score (nSPS) is 23.2. The molecule has 1 aliphatic heterocycles. The van der Waals surface area contributed by atoms with E-state index in [1.807, 2.05) is 4.90 Å². The van der Waals surface area contributed by atoms with Gasteiger partial charge in [0.2, 0.25) is 0 Å². The summed E-state index contributed by atoms with van der Waals surface area (Å²) in [5, 5.41) is 11.6. The summed E-state index contributed by atoms with van der Waals surface area (Å²) in [5.74, 6) is -1.45. The third-order valence-corrected chi connectivity index (χ3v) is 3.60. The second-order valence-corrected chi connectivity index (χ2v) is 4.76. The fraction of sp³-hybridized carbons (Fsp3) is 0.833. The molecule has 0 radical (unpaired) electrons. The first-order valence-corrected chi connectivity index (χ1v) is 6.27. The van der Waals surface area contributed by atoms with Crippen molar-refractivity contribution in [2.75, 3.05) is 6.54 Å². The third-order valence-electron chi connectivity index (χ3n) is 3.60. The van der Waals surface area contributed by atoms with Gasteiger partial charge in [0.1, 0.15) is 0 Å². The van der Waals surface area contributed by atoms with E-state index in [9.17, 15) is 9.59 Å². The van der Waals surface area contributed by atoms with Crippen LogP contribution >= 0.6 is 0 Å². The van der Waals surface area contributed by atoms with E-state index in [2.05, 4.69) is 12.2 Å². The lowest BCUT2D eigenvalue weighted by atomic mass is 10.0. The molecule has 5 nitrogen and oxygen atoms in total. The van der Waals surface area contributed by atoms with Crippen molar-refractivity contribution in [1.29, 1.82) is 0 Å². The molecule has 1 saturated heterocycles. The van der Waals surface area contributed by atoms with Gasteiger partial charge in [-0.05, 0) is 33.1 Å². The Labute approximate surface area is 102 Å². The number of carboxylic acid groups (broad SMARTS) is 1. The molecule has 1 fully saturated rings. The Morgan fingerprint density at radius 1 is 1.47 bits per heavy atom. The van der Waals surface area contributed by atoms with Crippen molar-refractivity contribution in [2.45, 2.75) is 52.1 Å². The summed E-state index contributed by atoms with van der Waals surface area (Å²) in [7, 11) is 0. The zero-order chi connectivity index (χ0) is 13.0. The molecule has 0 aliphatic carbocycles. The van der Waals surface area contributed by atoms with Gasteiger partial charge in [-0.25, -0.2) is 4.79 Å². The second-order valence-electron chi connectivity index (χ2n) is 4.76. The van der Waals surface area contributed by atoms with E-state index in [0.717, 1.165) is 25.8 Å². The number of nitrogens with one attached hydrogen (secondary N) is 1. The molecule has 0 aromatic carbocycles. The smallest absolute Gasteiger partial charge is 0.317 e. The fourth-order valence-electron chi connectivity index (χ4n) is 2.14. The van der Waals surface area contributed by atoms with Crippen LogP contribution in [0.15, 0.2) is 0 Å². The predicted octanol–water partition coefficient (Wildman–Crippen LogP) is 1.68. The second kappa shape index (κ2) is 5.89. The van der Waals surface area contributed by atoms with Gasteiger partial charge >= 0.3 is 12.0 Å². The highest BCUT2D eigenvalue weighted by molar-refractivity contribution is 5.77. The van der Waals surface area contributed by atoms with Gasteiger partial charge in [-0.1, -0.05) is 6.92 Å². The summed E-state index contributed by atoms with van der Waals surface area (Å²) in [6.07, 6.45) is 3.04. The number of amides is 2. The number of likely N-dealkylation sites (tertiary alicyclic amines) is 1. The number of rotatable bonds is 4. The molecule has 1 heterocycles. The molecule has 2 amide bonds. The third kappa shape index (κ3) is 3.35. The topological polar surface area (TPSA) is 69.6 Å². The van der Waals surface area contributed by atoms with Crippen LogP contribution in [-0.2, 0) is 4.79 Å². The molecule has 17 heavy (non-hydrogen) atoms. The lowest BCUT2D eigenvalue weighted by Crippen LogP contribution is -2.48. The minimum atomic E-state index is -0.883. The number of carbonyl (C=O) groups excluding carboxylic acids is 1. The van der Waals surface area contributed by atoms with Crippen LogP contribution in [0.5, 0.6) is 0 Å². The first-order chi connectivity index (χ1) is 7.97. The van der Waals surface area contributed by atoms with Gasteiger partial charge < -0.3 is 15.3 Å². The quantitative estimate of drug-likeness (QED) is 0.788. The van der Waals surface area contributed by atoms with Crippen LogP contribution in [0, 0.1) is 5.92 Å². The first kappa shape index (κ1) is 13.8. The summed E-state index contributed by atoms with van der Waals surface area (Å²) < 4.78 is 0. The van der Waals surface area contributed by atoms with E-state index in [-0.39, 0.29) is 12.1 Å². The Bertz CT molecular complexity index is 293. The van der Waals surface area contributed by atoms with Crippen molar-refractivity contribution in [3.63, 3.8) is 0 Å². The van der Waals surface area contributed by atoms with Crippen LogP contribution in [0.25, 0.3) is 0 Å². The van der Waals surface area contributed by atoms with Crippen LogP contribution in [0.2, 0.25) is 0 Å².